The highest BCUT2D eigenvalue weighted by Gasteiger charge is 2.27. The fourth-order valence-electron chi connectivity index (χ4n) is 4.41. The molecular formula is C26H28N6O3. The van der Waals surface area contributed by atoms with Crippen molar-refractivity contribution in [2.45, 2.75) is 38.6 Å². The number of anilines is 1. The molecule has 0 spiro atoms. The summed E-state index contributed by atoms with van der Waals surface area (Å²) in [6.07, 6.45) is 10.9. The average molecular weight is 473 g/mol. The van der Waals surface area contributed by atoms with E-state index in [9.17, 15) is 4.79 Å². The third kappa shape index (κ3) is 4.64. The molecule has 1 saturated heterocycles. The second-order valence-corrected chi connectivity index (χ2v) is 9.43. The smallest absolute Gasteiger partial charge is 0.247 e. The van der Waals surface area contributed by atoms with Gasteiger partial charge in [-0.25, -0.2) is 0 Å². The molecule has 9 heteroatoms. The number of hydrogen-bond donors (Lipinski definition) is 2. The first-order chi connectivity index (χ1) is 17.1. The number of nitrogens with zero attached hydrogens (tertiary/aromatic N) is 4. The van der Waals surface area contributed by atoms with E-state index in [0.717, 1.165) is 67.1 Å². The van der Waals surface area contributed by atoms with Crippen LogP contribution in [0.4, 0.5) is 5.82 Å². The summed E-state index contributed by atoms with van der Waals surface area (Å²) in [6, 6.07) is 5.89. The minimum Gasteiger partial charge on any atom is -0.437 e. The molecule has 1 amide bonds. The third-order valence-electron chi connectivity index (χ3n) is 6.63. The van der Waals surface area contributed by atoms with Gasteiger partial charge < -0.3 is 20.1 Å². The Hall–Kier alpha value is -3.72. The van der Waals surface area contributed by atoms with Crippen LogP contribution < -0.4 is 15.4 Å². The molecule has 0 aromatic carbocycles. The van der Waals surface area contributed by atoms with E-state index in [-0.39, 0.29) is 5.91 Å². The normalized spacial score (nSPS) is 18.3. The number of allylic oxidation sites excluding steroid dienone is 3. The standard InChI is InChI=1S/C26H28N6O3/c1-16-9-18(4-7-21(16)26(33)30-19-5-6-19)22-13-29-32-23(28-11-17-14-34-15-17)10-24(31-25(22)32)35-20-3-2-8-27-12-20/h2-3,8-10,12-13,17,19,28H,4-7,11,14-15H2,1H3,(H,30,33). The number of amides is 1. The predicted octanol–water partition coefficient (Wildman–Crippen LogP) is 3.75. The van der Waals surface area contributed by atoms with Crippen LogP contribution in [0, 0.1) is 5.92 Å². The van der Waals surface area contributed by atoms with Crippen LogP contribution in [0.3, 0.4) is 0 Å². The van der Waals surface area contributed by atoms with Gasteiger partial charge >= 0.3 is 0 Å². The minimum absolute atomic E-state index is 0.0666. The molecule has 0 radical (unpaired) electrons. The van der Waals surface area contributed by atoms with Crippen LogP contribution in [-0.2, 0) is 9.53 Å². The lowest BCUT2D eigenvalue weighted by Gasteiger charge is -2.26. The highest BCUT2D eigenvalue weighted by atomic mass is 16.5. The van der Waals surface area contributed by atoms with Gasteiger partial charge in [0.15, 0.2) is 5.65 Å². The van der Waals surface area contributed by atoms with Gasteiger partial charge in [0, 0.05) is 41.9 Å². The number of ether oxygens (including phenoxy) is 2. The van der Waals surface area contributed by atoms with Gasteiger partial charge in [-0.1, -0.05) is 6.08 Å². The molecule has 0 atom stereocenters. The Balaban J connectivity index is 1.34. The highest BCUT2D eigenvalue weighted by molar-refractivity contribution is 5.97. The minimum atomic E-state index is 0.0666. The van der Waals surface area contributed by atoms with Crippen LogP contribution in [0.15, 0.2) is 54.0 Å². The van der Waals surface area contributed by atoms with Gasteiger partial charge in [0.2, 0.25) is 11.8 Å². The quantitative estimate of drug-likeness (QED) is 0.515. The zero-order chi connectivity index (χ0) is 23.8. The Morgan fingerprint density at radius 1 is 1.26 bits per heavy atom. The number of pyridine rings is 1. The monoisotopic (exact) mass is 472 g/mol. The van der Waals surface area contributed by atoms with Crippen molar-refractivity contribution in [1.82, 2.24) is 24.9 Å². The van der Waals surface area contributed by atoms with Crippen molar-refractivity contribution in [2.24, 2.45) is 5.92 Å². The number of fused-ring (bicyclic) bond motifs is 1. The van der Waals surface area contributed by atoms with Crippen LogP contribution in [0.1, 0.15) is 38.2 Å². The molecule has 0 unspecified atom stereocenters. The molecule has 9 nitrogen and oxygen atoms in total. The number of aromatic nitrogens is 4. The Bertz CT molecular complexity index is 1320. The Morgan fingerprint density at radius 3 is 2.86 bits per heavy atom. The molecule has 180 valence electrons. The Kier molecular flexibility index (Phi) is 5.69. The van der Waals surface area contributed by atoms with Crippen LogP contribution in [0.5, 0.6) is 11.6 Å². The van der Waals surface area contributed by atoms with Gasteiger partial charge in [-0.3, -0.25) is 9.78 Å². The van der Waals surface area contributed by atoms with E-state index in [1.54, 1.807) is 12.4 Å². The van der Waals surface area contributed by atoms with Crippen LogP contribution in [0.25, 0.3) is 11.2 Å². The lowest BCUT2D eigenvalue weighted by atomic mass is 9.89. The molecule has 2 N–H and O–H groups in total. The summed E-state index contributed by atoms with van der Waals surface area (Å²) in [4.78, 5) is 21.6. The highest BCUT2D eigenvalue weighted by Crippen LogP contribution is 2.34. The molecule has 3 aliphatic rings. The van der Waals surface area contributed by atoms with Gasteiger partial charge in [0.05, 0.1) is 25.6 Å². The Morgan fingerprint density at radius 2 is 2.14 bits per heavy atom. The molecule has 0 bridgehead atoms. The van der Waals surface area contributed by atoms with E-state index in [0.29, 0.717) is 35.7 Å². The first kappa shape index (κ1) is 21.8. The summed E-state index contributed by atoms with van der Waals surface area (Å²) in [7, 11) is 0. The summed E-state index contributed by atoms with van der Waals surface area (Å²) < 4.78 is 13.2. The molecule has 1 aliphatic heterocycles. The fraction of sp³-hybridized carbons (Fsp3) is 0.385. The van der Waals surface area contributed by atoms with Crippen molar-refractivity contribution in [2.75, 3.05) is 25.1 Å². The maximum absolute atomic E-state index is 12.6. The second-order valence-electron chi connectivity index (χ2n) is 9.43. The van der Waals surface area contributed by atoms with Crippen LogP contribution in [0.2, 0.25) is 0 Å². The van der Waals surface area contributed by atoms with E-state index in [2.05, 4.69) is 26.8 Å². The van der Waals surface area contributed by atoms with Gasteiger partial charge in [-0.2, -0.15) is 14.6 Å². The van der Waals surface area contributed by atoms with Gasteiger partial charge in [-0.15, -0.1) is 0 Å². The molecule has 1 saturated carbocycles. The topological polar surface area (TPSA) is 103 Å². The van der Waals surface area contributed by atoms with Crippen molar-refractivity contribution in [1.29, 1.82) is 0 Å². The third-order valence-corrected chi connectivity index (χ3v) is 6.63. The summed E-state index contributed by atoms with van der Waals surface area (Å²) >= 11 is 0. The summed E-state index contributed by atoms with van der Waals surface area (Å²) in [6.45, 7) is 4.31. The lowest BCUT2D eigenvalue weighted by Crippen LogP contribution is -2.33. The zero-order valence-corrected chi connectivity index (χ0v) is 19.7. The second kappa shape index (κ2) is 9.14. The summed E-state index contributed by atoms with van der Waals surface area (Å²) in [5.74, 6) is 2.43. The number of carbonyl (C=O) groups is 1. The maximum Gasteiger partial charge on any atom is 0.247 e. The van der Waals surface area contributed by atoms with Crippen molar-refractivity contribution < 1.29 is 14.3 Å². The number of rotatable bonds is 8. The zero-order valence-electron chi connectivity index (χ0n) is 19.7. The summed E-state index contributed by atoms with van der Waals surface area (Å²) in [5, 5.41) is 11.2. The van der Waals surface area contributed by atoms with Crippen LogP contribution in [-0.4, -0.2) is 51.3 Å². The lowest BCUT2D eigenvalue weighted by molar-refractivity contribution is -0.117. The van der Waals surface area contributed by atoms with Gasteiger partial charge in [0.1, 0.15) is 11.6 Å². The van der Waals surface area contributed by atoms with Crippen LogP contribution >= 0.6 is 0 Å². The van der Waals surface area contributed by atoms with Crippen molar-refractivity contribution in [3.63, 3.8) is 0 Å². The maximum atomic E-state index is 12.6. The van der Waals surface area contributed by atoms with E-state index in [1.807, 2.05) is 35.8 Å². The number of carbonyl (C=O) groups excluding carboxylic acids is 1. The Labute approximate surface area is 203 Å². The largest absolute Gasteiger partial charge is 0.437 e. The summed E-state index contributed by atoms with van der Waals surface area (Å²) in [5.41, 5.74) is 4.64. The first-order valence-electron chi connectivity index (χ1n) is 12.1. The molecule has 4 heterocycles. The molecule has 35 heavy (non-hydrogen) atoms. The average Bonchev–Trinajstić information content (AvgIpc) is 3.54. The van der Waals surface area contributed by atoms with Crippen molar-refractivity contribution in [3.8, 4) is 11.6 Å². The van der Waals surface area contributed by atoms with Gasteiger partial charge in [0.25, 0.3) is 0 Å². The predicted molar refractivity (Wildman–Crippen MR) is 131 cm³/mol. The van der Waals surface area contributed by atoms with Crippen molar-refractivity contribution in [3.05, 3.63) is 59.6 Å². The molecule has 2 aliphatic carbocycles. The molecule has 6 rings (SSSR count). The molecular weight excluding hydrogens is 444 g/mol. The van der Waals surface area contributed by atoms with E-state index in [1.165, 1.54) is 0 Å². The van der Waals surface area contributed by atoms with E-state index in [4.69, 9.17) is 14.5 Å². The van der Waals surface area contributed by atoms with E-state index >= 15 is 0 Å². The molecule has 3 aromatic rings. The molecule has 3 aromatic heterocycles. The molecule has 2 fully saturated rings. The SMILES string of the molecule is CC1=C(C(=O)NC2CC2)CCC(c2cnn3c(NCC4COC4)cc(Oc4cccnc4)nc23)=C1. The number of nitrogens with one attached hydrogen (secondary N) is 2. The number of hydrogen-bond acceptors (Lipinski definition) is 7. The van der Waals surface area contributed by atoms with Gasteiger partial charge in [-0.05, 0) is 55.9 Å². The van der Waals surface area contributed by atoms with Crippen molar-refractivity contribution >= 4 is 22.9 Å². The fourth-order valence-corrected chi connectivity index (χ4v) is 4.41. The van der Waals surface area contributed by atoms with E-state index < -0.39 is 0 Å². The first-order valence-corrected chi connectivity index (χ1v) is 12.1.